The fourth-order valence-electron chi connectivity index (χ4n) is 4.73. The number of rotatable bonds is 7. The molecule has 1 atom stereocenters. The van der Waals surface area contributed by atoms with Gasteiger partial charge in [0.1, 0.15) is 5.76 Å². The molecule has 5 aromatic rings. The predicted octanol–water partition coefficient (Wildman–Crippen LogP) is 5.91. The van der Waals surface area contributed by atoms with Crippen molar-refractivity contribution in [3.63, 3.8) is 0 Å². The molecule has 1 unspecified atom stereocenters. The van der Waals surface area contributed by atoms with Crippen molar-refractivity contribution in [2.24, 2.45) is 0 Å². The van der Waals surface area contributed by atoms with Crippen molar-refractivity contribution < 1.29 is 19.6 Å². The Kier molecular flexibility index (Phi) is 7.00. The Labute approximate surface area is 241 Å². The number of fused-ring (bicyclic) bond motifs is 1. The number of ketones is 1. The minimum Gasteiger partial charge on any atom is -0.507 e. The zero-order valence-electron chi connectivity index (χ0n) is 21.1. The van der Waals surface area contributed by atoms with E-state index in [1.165, 1.54) is 54.5 Å². The third-order valence-electron chi connectivity index (χ3n) is 6.63. The number of aliphatic hydroxyl groups excluding tert-OH is 1. The van der Waals surface area contributed by atoms with Gasteiger partial charge < -0.3 is 5.11 Å². The molecular weight excluding hydrogens is 562 g/mol. The average Bonchev–Trinajstić information content (AvgIpc) is 3.58. The van der Waals surface area contributed by atoms with Gasteiger partial charge in [0, 0.05) is 35.8 Å². The van der Waals surface area contributed by atoms with Crippen molar-refractivity contribution in [3.05, 3.63) is 124 Å². The molecule has 1 amide bonds. The smallest absolute Gasteiger partial charge is 0.301 e. The van der Waals surface area contributed by atoms with Crippen molar-refractivity contribution in [1.29, 1.82) is 0 Å². The van der Waals surface area contributed by atoms with Gasteiger partial charge in [0.2, 0.25) is 5.13 Å². The summed E-state index contributed by atoms with van der Waals surface area (Å²) in [5, 5.41) is 33.5. The number of anilines is 1. The van der Waals surface area contributed by atoms with Crippen LogP contribution in [0, 0.1) is 10.1 Å². The zero-order chi connectivity index (χ0) is 28.5. The minimum absolute atomic E-state index is 0.137. The van der Waals surface area contributed by atoms with E-state index >= 15 is 0 Å². The van der Waals surface area contributed by atoms with Crippen LogP contribution in [-0.4, -0.2) is 36.9 Å². The summed E-state index contributed by atoms with van der Waals surface area (Å²) in [6, 6.07) is 21.6. The number of thioether (sulfide) groups is 1. The number of nitrogens with zero attached hydrogens (tertiary/aromatic N) is 5. The molecule has 0 bridgehead atoms. The van der Waals surface area contributed by atoms with Gasteiger partial charge in [0.25, 0.3) is 11.5 Å². The van der Waals surface area contributed by atoms with E-state index in [4.69, 9.17) is 0 Å². The molecule has 1 aliphatic heterocycles. The number of nitro groups is 1. The Balaban J connectivity index is 1.39. The van der Waals surface area contributed by atoms with E-state index in [2.05, 4.69) is 21.2 Å². The lowest BCUT2D eigenvalue weighted by Crippen LogP contribution is -2.29. The topological polar surface area (TPSA) is 139 Å². The fraction of sp³-hybridized carbons (Fsp3) is 0.0690. The van der Waals surface area contributed by atoms with Crippen LogP contribution >= 0.6 is 23.1 Å². The van der Waals surface area contributed by atoms with E-state index < -0.39 is 28.4 Å². The predicted molar refractivity (Wildman–Crippen MR) is 156 cm³/mol. The Bertz CT molecular complexity index is 1850. The number of Topliss-reactive ketones (excluding diaryl/α,β-unsaturated/α-hetero) is 1. The first kappa shape index (κ1) is 26.3. The van der Waals surface area contributed by atoms with Crippen molar-refractivity contribution in [1.82, 2.24) is 15.2 Å². The normalized spacial score (nSPS) is 16.4. The fourth-order valence-corrected chi connectivity index (χ4v) is 6.61. The largest absolute Gasteiger partial charge is 0.507 e. The monoisotopic (exact) mass is 581 g/mol. The van der Waals surface area contributed by atoms with Gasteiger partial charge in [-0.15, -0.1) is 10.2 Å². The number of amides is 1. The average molecular weight is 582 g/mol. The van der Waals surface area contributed by atoms with Gasteiger partial charge >= 0.3 is 5.91 Å². The third kappa shape index (κ3) is 4.94. The Morgan fingerprint density at radius 2 is 1.76 bits per heavy atom. The standard InChI is InChI=1S/C29H19N5O5S2/c35-25(18-11-13-30-14-12-18)23-24(19-7-4-9-21(15-19)34(38)39)33(27(37)26(23)36)28-31-32-29(41-28)40-16-20-8-3-6-17-5-1-2-10-22(17)20/h1-15,24,35H,16H2. The van der Waals surface area contributed by atoms with Gasteiger partial charge in [0.05, 0.1) is 16.5 Å². The van der Waals surface area contributed by atoms with E-state index in [1.807, 2.05) is 36.4 Å². The second kappa shape index (κ2) is 10.9. The van der Waals surface area contributed by atoms with Gasteiger partial charge in [-0.2, -0.15) is 0 Å². The summed E-state index contributed by atoms with van der Waals surface area (Å²) in [6.45, 7) is 0. The van der Waals surface area contributed by atoms with E-state index in [-0.39, 0.29) is 27.5 Å². The second-order valence-electron chi connectivity index (χ2n) is 9.03. The van der Waals surface area contributed by atoms with Crippen LogP contribution in [-0.2, 0) is 15.3 Å². The van der Waals surface area contributed by atoms with Crippen LogP contribution in [0.2, 0.25) is 0 Å². The summed E-state index contributed by atoms with van der Waals surface area (Å²) in [6.07, 6.45) is 2.88. The number of hydrogen-bond donors (Lipinski definition) is 1. The molecule has 0 aliphatic carbocycles. The maximum Gasteiger partial charge on any atom is 0.301 e. The highest BCUT2D eigenvalue weighted by atomic mass is 32.2. The summed E-state index contributed by atoms with van der Waals surface area (Å²) in [5.74, 6) is -1.67. The van der Waals surface area contributed by atoms with Crippen LogP contribution in [0.3, 0.4) is 0 Å². The molecule has 12 heteroatoms. The molecule has 1 aliphatic rings. The molecule has 0 saturated carbocycles. The first-order chi connectivity index (χ1) is 19.9. The molecule has 41 heavy (non-hydrogen) atoms. The maximum atomic E-state index is 13.4. The highest BCUT2D eigenvalue weighted by molar-refractivity contribution is 8.00. The number of carbonyl (C=O) groups is 2. The minimum atomic E-state index is -1.16. The molecule has 0 radical (unpaired) electrons. The van der Waals surface area contributed by atoms with Gasteiger partial charge in [-0.1, -0.05) is 77.7 Å². The quantitative estimate of drug-likeness (QED) is 0.0472. The first-order valence-electron chi connectivity index (χ1n) is 12.3. The lowest BCUT2D eigenvalue weighted by molar-refractivity contribution is -0.384. The van der Waals surface area contributed by atoms with E-state index in [0.29, 0.717) is 10.1 Å². The highest BCUT2D eigenvalue weighted by Gasteiger charge is 2.48. The number of benzene rings is 3. The van der Waals surface area contributed by atoms with Crippen LogP contribution in [0.4, 0.5) is 10.8 Å². The molecule has 3 aromatic carbocycles. The Hall–Kier alpha value is -4.94. The Morgan fingerprint density at radius 3 is 2.56 bits per heavy atom. The van der Waals surface area contributed by atoms with Crippen molar-refractivity contribution >= 4 is 62.1 Å². The summed E-state index contributed by atoms with van der Waals surface area (Å²) in [7, 11) is 0. The molecular formula is C29H19N5O5S2. The molecule has 1 saturated heterocycles. The van der Waals surface area contributed by atoms with E-state index in [0.717, 1.165) is 32.6 Å². The lowest BCUT2D eigenvalue weighted by atomic mass is 9.95. The number of aliphatic hydroxyl groups is 1. The second-order valence-corrected chi connectivity index (χ2v) is 11.2. The zero-order valence-corrected chi connectivity index (χ0v) is 22.7. The molecule has 0 spiro atoms. The number of aromatic nitrogens is 3. The molecule has 10 nitrogen and oxygen atoms in total. The van der Waals surface area contributed by atoms with E-state index in [9.17, 15) is 24.8 Å². The maximum absolute atomic E-state index is 13.4. The SMILES string of the molecule is O=C1C(=O)N(c2nnc(SCc3cccc4ccccc34)s2)C(c2cccc([N+](=O)[O-])c2)C1=C(O)c1ccncc1. The van der Waals surface area contributed by atoms with Crippen LogP contribution < -0.4 is 4.90 Å². The summed E-state index contributed by atoms with van der Waals surface area (Å²) < 4.78 is 0.571. The molecule has 6 rings (SSSR count). The number of hydrogen-bond acceptors (Lipinski definition) is 10. The first-order valence-corrected chi connectivity index (χ1v) is 14.1. The Morgan fingerprint density at radius 1 is 1.00 bits per heavy atom. The van der Waals surface area contributed by atoms with Crippen molar-refractivity contribution in [3.8, 4) is 0 Å². The number of non-ortho nitro benzene ring substituents is 1. The molecule has 3 heterocycles. The van der Waals surface area contributed by atoms with Gasteiger partial charge in [0.15, 0.2) is 4.34 Å². The number of nitro benzene ring substituents is 1. The van der Waals surface area contributed by atoms with Gasteiger partial charge in [-0.25, -0.2) is 0 Å². The van der Waals surface area contributed by atoms with Crippen LogP contribution in [0.1, 0.15) is 22.7 Å². The molecule has 2 aromatic heterocycles. The van der Waals surface area contributed by atoms with Crippen LogP contribution in [0.15, 0.2) is 101 Å². The summed E-state index contributed by atoms with van der Waals surface area (Å²) >= 11 is 2.57. The number of carbonyl (C=O) groups excluding carboxylic acids is 2. The van der Waals surface area contributed by atoms with Crippen molar-refractivity contribution in [2.45, 2.75) is 16.1 Å². The highest BCUT2D eigenvalue weighted by Crippen LogP contribution is 2.44. The summed E-state index contributed by atoms with van der Waals surface area (Å²) in [4.78, 5) is 42.8. The van der Waals surface area contributed by atoms with E-state index in [1.54, 1.807) is 6.07 Å². The number of pyridine rings is 1. The summed E-state index contributed by atoms with van der Waals surface area (Å²) in [5.41, 5.74) is 1.23. The molecule has 202 valence electrons. The van der Waals surface area contributed by atoms with Crippen LogP contribution in [0.25, 0.3) is 16.5 Å². The molecule has 1 N–H and O–H groups in total. The van der Waals surface area contributed by atoms with Crippen molar-refractivity contribution in [2.75, 3.05) is 4.90 Å². The van der Waals surface area contributed by atoms with Crippen LogP contribution in [0.5, 0.6) is 0 Å². The third-order valence-corrected chi connectivity index (χ3v) is 8.73. The molecule has 1 fully saturated rings. The van der Waals surface area contributed by atoms with Gasteiger partial charge in [-0.3, -0.25) is 29.6 Å². The van der Waals surface area contributed by atoms with Gasteiger partial charge in [-0.05, 0) is 34.0 Å². The lowest BCUT2D eigenvalue weighted by Gasteiger charge is -2.22.